The largest absolute Gasteiger partial charge is 0.492 e. The number of likely N-dealkylation sites (tertiary alicyclic amines) is 1. The van der Waals surface area contributed by atoms with Crippen LogP contribution in [0, 0.1) is 0 Å². The molecule has 1 aromatic heterocycles. The second kappa shape index (κ2) is 11.9. The Morgan fingerprint density at radius 3 is 2.46 bits per heavy atom. The fourth-order valence-electron chi connectivity index (χ4n) is 4.21. The average Bonchev–Trinajstić information content (AvgIpc) is 3.36. The zero-order valence-corrected chi connectivity index (χ0v) is 21.3. The Hall–Kier alpha value is -3.89. The van der Waals surface area contributed by atoms with Crippen molar-refractivity contribution in [2.45, 2.75) is 19.3 Å². The van der Waals surface area contributed by atoms with Crippen LogP contribution in [-0.2, 0) is 0 Å². The second-order valence-electron chi connectivity index (χ2n) is 8.65. The molecule has 4 rings (SSSR count). The third kappa shape index (κ3) is 6.28. The monoisotopic (exact) mass is 524 g/mol. The molecule has 1 aliphatic heterocycles. The van der Waals surface area contributed by atoms with E-state index in [0.717, 1.165) is 19.6 Å². The van der Waals surface area contributed by atoms with Crippen LogP contribution in [0.15, 0.2) is 48.8 Å². The first-order valence-electron chi connectivity index (χ1n) is 12.0. The Kier molecular flexibility index (Phi) is 8.42. The van der Waals surface area contributed by atoms with Gasteiger partial charge in [-0.05, 0) is 68.4 Å². The zero-order valence-electron chi connectivity index (χ0n) is 20.5. The second-order valence-corrected chi connectivity index (χ2v) is 9.06. The normalized spacial score (nSPS) is 13.7. The number of hydrogen-bond acceptors (Lipinski definition) is 6. The molecule has 0 aliphatic carbocycles. The molecule has 1 saturated heterocycles. The van der Waals surface area contributed by atoms with Gasteiger partial charge in [-0.3, -0.25) is 23.9 Å². The summed E-state index contributed by atoms with van der Waals surface area (Å²) in [5.41, 5.74) is 6.71. The predicted octanol–water partition coefficient (Wildman–Crippen LogP) is 3.10. The summed E-state index contributed by atoms with van der Waals surface area (Å²) in [7, 11) is 1.44. The van der Waals surface area contributed by atoms with E-state index in [1.165, 1.54) is 37.2 Å². The van der Waals surface area contributed by atoms with Crippen molar-refractivity contribution in [1.82, 2.24) is 19.8 Å². The highest BCUT2D eigenvalue weighted by atomic mass is 35.5. The lowest BCUT2D eigenvalue weighted by atomic mass is 10.1. The molecule has 3 amide bonds. The van der Waals surface area contributed by atoms with Gasteiger partial charge in [0.05, 0.1) is 10.6 Å². The number of primary amides is 1. The standard InChI is InChI=1S/C26H29ClN6O4/c1-29-26(36)22-23(24(28)34)33(16-30-22)18-7-5-17(6-8-18)31-25(35)20-15-19(9-10-21(20)27)37-14-13-32-11-3-2-4-12-32/h5-10,15-16H,2-4,11-14H2,1H3,(H2,28,34)(H,29,36)(H,31,35). The van der Waals surface area contributed by atoms with Gasteiger partial charge in [0.25, 0.3) is 17.7 Å². The highest BCUT2D eigenvalue weighted by molar-refractivity contribution is 6.34. The number of anilines is 1. The number of amides is 3. The van der Waals surface area contributed by atoms with Gasteiger partial charge in [-0.25, -0.2) is 4.98 Å². The van der Waals surface area contributed by atoms with Crippen LogP contribution in [0.2, 0.25) is 5.02 Å². The van der Waals surface area contributed by atoms with Crippen LogP contribution in [0.4, 0.5) is 5.69 Å². The first kappa shape index (κ1) is 26.2. The zero-order chi connectivity index (χ0) is 26.4. The van der Waals surface area contributed by atoms with E-state index in [1.54, 1.807) is 42.5 Å². The van der Waals surface area contributed by atoms with Gasteiger partial charge in [-0.1, -0.05) is 18.0 Å². The van der Waals surface area contributed by atoms with Crippen molar-refractivity contribution in [1.29, 1.82) is 0 Å². The summed E-state index contributed by atoms with van der Waals surface area (Å²) in [5.74, 6) is -1.12. The van der Waals surface area contributed by atoms with Crippen molar-refractivity contribution in [2.75, 3.05) is 38.6 Å². The molecule has 0 bridgehead atoms. The molecule has 11 heteroatoms. The lowest BCUT2D eigenvalue weighted by Crippen LogP contribution is -2.33. The number of ether oxygens (including phenoxy) is 1. The molecule has 194 valence electrons. The predicted molar refractivity (Wildman–Crippen MR) is 141 cm³/mol. The number of nitrogens with two attached hydrogens (primary N) is 1. The summed E-state index contributed by atoms with van der Waals surface area (Å²) in [4.78, 5) is 43.3. The average molecular weight is 525 g/mol. The highest BCUT2D eigenvalue weighted by Gasteiger charge is 2.22. The van der Waals surface area contributed by atoms with E-state index in [0.29, 0.717) is 34.3 Å². The number of nitrogens with zero attached hydrogens (tertiary/aromatic N) is 3. The highest BCUT2D eigenvalue weighted by Crippen LogP contribution is 2.24. The third-order valence-electron chi connectivity index (χ3n) is 6.15. The van der Waals surface area contributed by atoms with E-state index >= 15 is 0 Å². The van der Waals surface area contributed by atoms with Gasteiger partial charge in [-0.2, -0.15) is 0 Å². The summed E-state index contributed by atoms with van der Waals surface area (Å²) in [6.07, 6.45) is 5.07. The number of carbonyl (C=O) groups is 3. The van der Waals surface area contributed by atoms with Crippen LogP contribution in [0.1, 0.15) is 50.6 Å². The summed E-state index contributed by atoms with van der Waals surface area (Å²) in [6.45, 7) is 3.56. The van der Waals surface area contributed by atoms with Gasteiger partial charge < -0.3 is 21.1 Å². The molecular formula is C26H29ClN6O4. The van der Waals surface area contributed by atoms with E-state index < -0.39 is 11.8 Å². The lowest BCUT2D eigenvalue weighted by molar-refractivity contribution is 0.0937. The van der Waals surface area contributed by atoms with Crippen molar-refractivity contribution < 1.29 is 19.1 Å². The fraction of sp³-hybridized carbons (Fsp3) is 0.308. The van der Waals surface area contributed by atoms with Gasteiger partial charge in [0.1, 0.15) is 24.4 Å². The number of carbonyl (C=O) groups excluding carboxylic acids is 3. The lowest BCUT2D eigenvalue weighted by Gasteiger charge is -2.26. The first-order valence-corrected chi connectivity index (χ1v) is 12.4. The third-order valence-corrected chi connectivity index (χ3v) is 6.48. The van der Waals surface area contributed by atoms with Gasteiger partial charge in [0.15, 0.2) is 5.69 Å². The molecule has 1 fully saturated rings. The summed E-state index contributed by atoms with van der Waals surface area (Å²) >= 11 is 6.29. The molecule has 4 N–H and O–H groups in total. The molecule has 3 aromatic rings. The van der Waals surface area contributed by atoms with E-state index in [9.17, 15) is 14.4 Å². The van der Waals surface area contributed by atoms with Gasteiger partial charge in [-0.15, -0.1) is 0 Å². The Morgan fingerprint density at radius 2 is 1.78 bits per heavy atom. The van der Waals surface area contributed by atoms with E-state index in [2.05, 4.69) is 20.5 Å². The van der Waals surface area contributed by atoms with Crippen LogP contribution in [0.5, 0.6) is 5.75 Å². The Labute approximate surface area is 219 Å². The molecule has 2 aromatic carbocycles. The van der Waals surface area contributed by atoms with Gasteiger partial charge in [0.2, 0.25) is 0 Å². The Bertz CT molecular complexity index is 1280. The van der Waals surface area contributed by atoms with Crippen LogP contribution in [0.25, 0.3) is 5.69 Å². The smallest absolute Gasteiger partial charge is 0.272 e. The van der Waals surface area contributed by atoms with Gasteiger partial charge in [0, 0.05) is 25.0 Å². The van der Waals surface area contributed by atoms with Crippen molar-refractivity contribution in [2.24, 2.45) is 5.73 Å². The molecule has 1 aliphatic rings. The molecule has 0 saturated carbocycles. The van der Waals surface area contributed by atoms with Crippen LogP contribution < -0.4 is 21.1 Å². The quantitative estimate of drug-likeness (QED) is 0.394. The maximum atomic E-state index is 12.9. The van der Waals surface area contributed by atoms with Crippen molar-refractivity contribution in [3.8, 4) is 11.4 Å². The fourth-order valence-corrected chi connectivity index (χ4v) is 4.42. The number of hydrogen-bond donors (Lipinski definition) is 3. The number of aromatic nitrogens is 2. The van der Waals surface area contributed by atoms with Crippen molar-refractivity contribution in [3.05, 3.63) is 70.8 Å². The number of piperidine rings is 1. The maximum absolute atomic E-state index is 12.9. The molecule has 10 nitrogen and oxygen atoms in total. The van der Waals surface area contributed by atoms with Crippen LogP contribution >= 0.6 is 11.6 Å². The summed E-state index contributed by atoms with van der Waals surface area (Å²) in [6, 6.07) is 11.7. The summed E-state index contributed by atoms with van der Waals surface area (Å²) < 4.78 is 7.29. The van der Waals surface area contributed by atoms with Gasteiger partial charge >= 0.3 is 0 Å². The van der Waals surface area contributed by atoms with Crippen LogP contribution in [0.3, 0.4) is 0 Å². The minimum atomic E-state index is -0.791. The number of imidazole rings is 1. The molecule has 0 spiro atoms. The van der Waals surface area contributed by atoms with E-state index in [-0.39, 0.29) is 17.3 Å². The number of halogens is 1. The number of nitrogens with one attached hydrogen (secondary N) is 2. The molecule has 0 radical (unpaired) electrons. The summed E-state index contributed by atoms with van der Waals surface area (Å²) in [5, 5.41) is 5.55. The van der Waals surface area contributed by atoms with Crippen molar-refractivity contribution in [3.63, 3.8) is 0 Å². The van der Waals surface area contributed by atoms with Crippen LogP contribution in [-0.4, -0.2) is 65.5 Å². The molecule has 0 unspecified atom stereocenters. The van der Waals surface area contributed by atoms with E-state index in [4.69, 9.17) is 22.1 Å². The van der Waals surface area contributed by atoms with E-state index in [1.807, 2.05) is 0 Å². The maximum Gasteiger partial charge on any atom is 0.272 e. The molecule has 37 heavy (non-hydrogen) atoms. The first-order chi connectivity index (χ1) is 17.9. The Balaban J connectivity index is 1.43. The molecule has 0 atom stereocenters. The SMILES string of the molecule is CNC(=O)c1ncn(-c2ccc(NC(=O)c3cc(OCCN4CCCCC4)ccc3Cl)cc2)c1C(N)=O. The minimum absolute atomic E-state index is 0.0416. The molecular weight excluding hydrogens is 496 g/mol. The number of benzene rings is 2. The van der Waals surface area contributed by atoms with Crippen molar-refractivity contribution >= 4 is 35.0 Å². The Morgan fingerprint density at radius 1 is 1.05 bits per heavy atom. The number of rotatable bonds is 9. The minimum Gasteiger partial charge on any atom is -0.492 e. The topological polar surface area (TPSA) is 132 Å². The molecule has 2 heterocycles.